The van der Waals surface area contributed by atoms with E-state index < -0.39 is 0 Å². The molecule has 2 saturated carbocycles. The summed E-state index contributed by atoms with van der Waals surface area (Å²) in [4.78, 5) is 26.2. The number of carbonyl (C=O) groups is 2. The number of carbonyl (C=O) groups excluding carboxylic acids is 2. The number of ether oxygens (including phenoxy) is 2. The van der Waals surface area contributed by atoms with Crippen LogP contribution in [0.25, 0.3) is 0 Å². The Labute approximate surface area is 196 Å². The molecule has 0 spiro atoms. The van der Waals surface area contributed by atoms with E-state index in [1.54, 1.807) is 0 Å². The topological polar surface area (TPSA) is 52.6 Å². The lowest BCUT2D eigenvalue weighted by molar-refractivity contribution is -0.158. The molecule has 4 nitrogen and oxygen atoms in total. The maximum Gasteiger partial charge on any atom is 0.309 e. The fourth-order valence-corrected chi connectivity index (χ4v) is 5.88. The van der Waals surface area contributed by atoms with Gasteiger partial charge in [0.05, 0.1) is 5.92 Å². The van der Waals surface area contributed by atoms with Crippen LogP contribution >= 0.6 is 0 Å². The Morgan fingerprint density at radius 1 is 0.939 bits per heavy atom. The Kier molecular flexibility index (Phi) is 6.03. The summed E-state index contributed by atoms with van der Waals surface area (Å²) in [6.07, 6.45) is 4.27. The van der Waals surface area contributed by atoms with Crippen molar-refractivity contribution >= 4 is 11.8 Å². The van der Waals surface area contributed by atoms with Gasteiger partial charge in [0, 0.05) is 29.4 Å². The molecule has 33 heavy (non-hydrogen) atoms. The summed E-state index contributed by atoms with van der Waals surface area (Å²) in [5.41, 5.74) is 2.08. The highest BCUT2D eigenvalue weighted by molar-refractivity contribution is 5.92. The van der Waals surface area contributed by atoms with E-state index in [4.69, 9.17) is 9.47 Å². The molecular weight excluding hydrogens is 412 g/mol. The van der Waals surface area contributed by atoms with Gasteiger partial charge in [-0.2, -0.15) is 0 Å². The lowest BCUT2D eigenvalue weighted by atomic mass is 9.75. The predicted molar refractivity (Wildman–Crippen MR) is 127 cm³/mol. The summed E-state index contributed by atoms with van der Waals surface area (Å²) in [5, 5.41) is 0. The first-order valence-corrected chi connectivity index (χ1v) is 12.5. The average molecular weight is 447 g/mol. The standard InChI is InChI=1S/C29H34O4/c1-17(2)19-13-12-18(3)14-28(19)33-29(31)24-15-23(24)25(30)16-22-20-8-4-6-10-26(20)32-27-11-7-5-9-21(22)27/h4-11,17-19,22-24,28H,12-16H2,1-3H3/t18-,19+,23+,24+,28-/m0/s1. The number of hydrogen-bond acceptors (Lipinski definition) is 4. The highest BCUT2D eigenvalue weighted by Crippen LogP contribution is 2.49. The Morgan fingerprint density at radius 2 is 1.58 bits per heavy atom. The highest BCUT2D eigenvalue weighted by atomic mass is 16.5. The van der Waals surface area contributed by atoms with Gasteiger partial charge in [0.15, 0.2) is 0 Å². The molecule has 0 unspecified atom stereocenters. The summed E-state index contributed by atoms with van der Waals surface area (Å²) in [5.74, 6) is 2.61. The first kappa shape index (κ1) is 22.2. The van der Waals surface area contributed by atoms with Crippen LogP contribution in [0.15, 0.2) is 48.5 Å². The van der Waals surface area contributed by atoms with Crippen molar-refractivity contribution in [3.8, 4) is 11.5 Å². The quantitative estimate of drug-likeness (QED) is 0.474. The minimum absolute atomic E-state index is 0.00755. The molecule has 0 aromatic heterocycles. The minimum Gasteiger partial charge on any atom is -0.462 e. The molecule has 0 radical (unpaired) electrons. The van der Waals surface area contributed by atoms with Crippen molar-refractivity contribution in [3.63, 3.8) is 0 Å². The fourth-order valence-electron chi connectivity index (χ4n) is 5.88. The molecule has 2 aromatic carbocycles. The molecule has 1 aliphatic heterocycles. The van der Waals surface area contributed by atoms with Crippen molar-refractivity contribution in [3.05, 3.63) is 59.7 Å². The number of rotatable bonds is 6. The number of esters is 1. The lowest BCUT2D eigenvalue weighted by Gasteiger charge is -2.36. The van der Waals surface area contributed by atoms with Gasteiger partial charge in [0.1, 0.15) is 23.4 Å². The number of ketones is 1. The van der Waals surface area contributed by atoms with Crippen LogP contribution in [0.3, 0.4) is 0 Å². The zero-order chi connectivity index (χ0) is 23.1. The maximum absolute atomic E-state index is 13.3. The van der Waals surface area contributed by atoms with Crippen molar-refractivity contribution in [2.45, 2.75) is 64.9 Å². The maximum atomic E-state index is 13.3. The number of hydrogen-bond donors (Lipinski definition) is 0. The zero-order valence-electron chi connectivity index (χ0n) is 19.8. The summed E-state index contributed by atoms with van der Waals surface area (Å²) in [6.45, 7) is 6.67. The first-order chi connectivity index (χ1) is 15.9. The molecule has 4 heteroatoms. The summed E-state index contributed by atoms with van der Waals surface area (Å²) >= 11 is 0. The average Bonchev–Trinajstić information content (AvgIpc) is 3.60. The molecule has 174 valence electrons. The first-order valence-electron chi connectivity index (χ1n) is 12.5. The van der Waals surface area contributed by atoms with Gasteiger partial charge < -0.3 is 9.47 Å². The van der Waals surface area contributed by atoms with Gasteiger partial charge in [-0.15, -0.1) is 0 Å². The van der Waals surface area contributed by atoms with E-state index in [0.717, 1.165) is 35.5 Å². The molecular formula is C29H34O4. The molecule has 2 aliphatic carbocycles. The molecule has 2 fully saturated rings. The number of fused-ring (bicyclic) bond motifs is 2. The van der Waals surface area contributed by atoms with Gasteiger partial charge in [0.2, 0.25) is 0 Å². The van der Waals surface area contributed by atoms with Crippen LogP contribution in [-0.2, 0) is 14.3 Å². The second-order valence-electron chi connectivity index (χ2n) is 10.7. The van der Waals surface area contributed by atoms with E-state index in [1.807, 2.05) is 48.5 Å². The van der Waals surface area contributed by atoms with E-state index >= 15 is 0 Å². The Balaban J connectivity index is 1.26. The van der Waals surface area contributed by atoms with Crippen molar-refractivity contribution < 1.29 is 19.1 Å². The van der Waals surface area contributed by atoms with Crippen LogP contribution in [0.4, 0.5) is 0 Å². The van der Waals surface area contributed by atoms with Crippen molar-refractivity contribution in [2.24, 2.45) is 29.6 Å². The molecule has 0 saturated heterocycles. The Hall–Kier alpha value is -2.62. The van der Waals surface area contributed by atoms with Crippen LogP contribution in [0.5, 0.6) is 11.5 Å². The van der Waals surface area contributed by atoms with Crippen LogP contribution in [0.2, 0.25) is 0 Å². The smallest absolute Gasteiger partial charge is 0.309 e. The van der Waals surface area contributed by atoms with Gasteiger partial charge in [-0.05, 0) is 49.1 Å². The van der Waals surface area contributed by atoms with E-state index in [0.29, 0.717) is 30.6 Å². The second kappa shape index (κ2) is 8.96. The van der Waals surface area contributed by atoms with Crippen molar-refractivity contribution in [1.29, 1.82) is 0 Å². The van der Waals surface area contributed by atoms with Gasteiger partial charge in [-0.25, -0.2) is 0 Å². The molecule has 0 bridgehead atoms. The van der Waals surface area contributed by atoms with E-state index in [-0.39, 0.29) is 35.6 Å². The third kappa shape index (κ3) is 4.45. The summed E-state index contributed by atoms with van der Waals surface area (Å²) in [7, 11) is 0. The normalized spacial score (nSPS) is 28.4. The second-order valence-corrected chi connectivity index (χ2v) is 10.7. The summed E-state index contributed by atoms with van der Waals surface area (Å²) in [6, 6.07) is 15.9. The predicted octanol–water partition coefficient (Wildman–Crippen LogP) is 6.52. The van der Waals surface area contributed by atoms with Gasteiger partial charge >= 0.3 is 5.97 Å². The van der Waals surface area contributed by atoms with Crippen LogP contribution < -0.4 is 4.74 Å². The minimum atomic E-state index is -0.270. The molecule has 1 heterocycles. The monoisotopic (exact) mass is 446 g/mol. The molecule has 5 atom stereocenters. The van der Waals surface area contributed by atoms with Gasteiger partial charge in [0.25, 0.3) is 0 Å². The van der Waals surface area contributed by atoms with E-state index in [9.17, 15) is 9.59 Å². The van der Waals surface area contributed by atoms with Crippen LogP contribution in [0.1, 0.15) is 69.9 Å². The van der Waals surface area contributed by atoms with E-state index in [1.165, 1.54) is 6.42 Å². The summed E-state index contributed by atoms with van der Waals surface area (Å²) < 4.78 is 12.1. The van der Waals surface area contributed by atoms with Crippen molar-refractivity contribution in [2.75, 3.05) is 0 Å². The number of benzene rings is 2. The number of para-hydroxylation sites is 2. The largest absolute Gasteiger partial charge is 0.462 e. The number of Topliss-reactive ketones (excluding diaryl/α,β-unsaturated/α-hetero) is 1. The third-order valence-corrected chi connectivity index (χ3v) is 7.95. The Morgan fingerprint density at radius 3 is 2.21 bits per heavy atom. The van der Waals surface area contributed by atoms with Crippen LogP contribution in [0, 0.1) is 29.6 Å². The van der Waals surface area contributed by atoms with Crippen molar-refractivity contribution in [1.82, 2.24) is 0 Å². The van der Waals surface area contributed by atoms with Gasteiger partial charge in [-0.3, -0.25) is 9.59 Å². The van der Waals surface area contributed by atoms with E-state index in [2.05, 4.69) is 20.8 Å². The SMILES string of the molecule is CC(C)[C@H]1CC[C@H](C)C[C@@H]1OC(=O)[C@@H]1C[C@H]1C(=O)CC1c2ccccc2Oc2ccccc21. The van der Waals surface area contributed by atoms with Crippen LogP contribution in [-0.4, -0.2) is 17.9 Å². The molecule has 3 aliphatic rings. The molecule has 5 rings (SSSR count). The fraction of sp³-hybridized carbons (Fsp3) is 0.517. The highest BCUT2D eigenvalue weighted by Gasteiger charge is 2.50. The third-order valence-electron chi connectivity index (χ3n) is 7.95. The Bertz CT molecular complexity index is 996. The molecule has 0 N–H and O–H groups in total. The molecule has 0 amide bonds. The van der Waals surface area contributed by atoms with Gasteiger partial charge in [-0.1, -0.05) is 63.6 Å². The zero-order valence-corrected chi connectivity index (χ0v) is 19.8. The lowest BCUT2D eigenvalue weighted by Crippen LogP contribution is -2.36. The molecule has 2 aromatic rings.